The first-order chi connectivity index (χ1) is 8.44. The summed E-state index contributed by atoms with van der Waals surface area (Å²) in [4.78, 5) is 18.4. The maximum absolute atomic E-state index is 11.4. The number of nitrogens with zero attached hydrogens (tertiary/aromatic N) is 1. The molecular formula is C11H17N3O3S. The molecule has 1 aromatic rings. The molecule has 0 saturated heterocycles. The summed E-state index contributed by atoms with van der Waals surface area (Å²) in [6.45, 7) is 0.494. The van der Waals surface area contributed by atoms with Gasteiger partial charge in [0.1, 0.15) is 21.5 Å². The fraction of sp³-hybridized carbons (Fsp3) is 0.636. The smallest absolute Gasteiger partial charge is 0.252 e. The Hall–Kier alpha value is -1.37. The number of aromatic nitrogens is 2. The number of rotatable bonds is 6. The van der Waals surface area contributed by atoms with E-state index in [0.29, 0.717) is 24.7 Å². The Morgan fingerprint density at radius 3 is 2.83 bits per heavy atom. The van der Waals surface area contributed by atoms with Crippen LogP contribution in [0, 0.1) is 0 Å². The molecule has 0 bridgehead atoms. The maximum Gasteiger partial charge on any atom is 0.252 e. The summed E-state index contributed by atoms with van der Waals surface area (Å²) < 4.78 is 21.9. The third-order valence-corrected chi connectivity index (χ3v) is 3.75. The van der Waals surface area contributed by atoms with Crippen LogP contribution in [-0.2, 0) is 9.84 Å². The summed E-state index contributed by atoms with van der Waals surface area (Å²) in [5, 5.41) is 2.99. The van der Waals surface area contributed by atoms with Crippen molar-refractivity contribution in [3.05, 3.63) is 22.2 Å². The lowest BCUT2D eigenvalue weighted by Gasteiger charge is -2.06. The van der Waals surface area contributed by atoms with Crippen molar-refractivity contribution in [2.75, 3.05) is 23.9 Å². The predicted molar refractivity (Wildman–Crippen MR) is 69.7 cm³/mol. The maximum atomic E-state index is 11.4. The van der Waals surface area contributed by atoms with Crippen LogP contribution in [-0.4, -0.2) is 36.9 Å². The fourth-order valence-corrected chi connectivity index (χ4v) is 2.34. The van der Waals surface area contributed by atoms with Crippen molar-refractivity contribution in [2.24, 2.45) is 0 Å². The number of anilines is 1. The Morgan fingerprint density at radius 1 is 1.50 bits per heavy atom. The summed E-state index contributed by atoms with van der Waals surface area (Å²) >= 11 is 0. The second kappa shape index (κ2) is 5.09. The van der Waals surface area contributed by atoms with Crippen molar-refractivity contribution < 1.29 is 8.42 Å². The van der Waals surface area contributed by atoms with E-state index in [-0.39, 0.29) is 11.3 Å². The van der Waals surface area contributed by atoms with Crippen molar-refractivity contribution in [3.8, 4) is 0 Å². The average molecular weight is 271 g/mol. The molecule has 18 heavy (non-hydrogen) atoms. The monoisotopic (exact) mass is 271 g/mol. The molecule has 1 aliphatic carbocycles. The zero-order valence-electron chi connectivity index (χ0n) is 10.3. The minimum atomic E-state index is -2.93. The minimum Gasteiger partial charge on any atom is -0.370 e. The summed E-state index contributed by atoms with van der Waals surface area (Å²) in [5.41, 5.74) is -0.169. The molecule has 7 heteroatoms. The Balaban J connectivity index is 1.91. The van der Waals surface area contributed by atoms with E-state index in [2.05, 4.69) is 15.3 Å². The Morgan fingerprint density at radius 2 is 2.22 bits per heavy atom. The summed E-state index contributed by atoms with van der Waals surface area (Å²) in [7, 11) is -2.93. The zero-order valence-corrected chi connectivity index (χ0v) is 11.1. The van der Waals surface area contributed by atoms with Crippen LogP contribution in [0.1, 0.15) is 31.0 Å². The number of nitrogens with one attached hydrogen (secondary N) is 2. The highest BCUT2D eigenvalue weighted by molar-refractivity contribution is 7.90. The lowest BCUT2D eigenvalue weighted by molar-refractivity contribution is 0.600. The molecule has 0 amide bonds. The van der Waals surface area contributed by atoms with Crippen molar-refractivity contribution >= 4 is 15.7 Å². The first-order valence-corrected chi connectivity index (χ1v) is 8.03. The van der Waals surface area contributed by atoms with Gasteiger partial charge in [-0.15, -0.1) is 0 Å². The van der Waals surface area contributed by atoms with Crippen LogP contribution in [0.5, 0.6) is 0 Å². The number of H-pyrrole nitrogens is 1. The molecule has 1 fully saturated rings. The van der Waals surface area contributed by atoms with E-state index in [1.54, 1.807) is 0 Å². The lowest BCUT2D eigenvalue weighted by Crippen LogP contribution is -2.15. The Kier molecular flexibility index (Phi) is 3.70. The average Bonchev–Trinajstić information content (AvgIpc) is 3.06. The quantitative estimate of drug-likeness (QED) is 0.735. The van der Waals surface area contributed by atoms with Crippen LogP contribution in [0.4, 0.5) is 5.82 Å². The van der Waals surface area contributed by atoms with Crippen molar-refractivity contribution in [2.45, 2.75) is 25.2 Å². The van der Waals surface area contributed by atoms with Gasteiger partial charge in [-0.25, -0.2) is 13.4 Å². The van der Waals surface area contributed by atoms with Crippen LogP contribution in [0.15, 0.2) is 10.9 Å². The predicted octanol–water partition coefficient (Wildman–Crippen LogP) is 0.494. The molecule has 1 saturated carbocycles. The van der Waals surface area contributed by atoms with Crippen molar-refractivity contribution in [3.63, 3.8) is 0 Å². The summed E-state index contributed by atoms with van der Waals surface area (Å²) in [6, 6.07) is 1.40. The highest BCUT2D eigenvalue weighted by atomic mass is 32.2. The van der Waals surface area contributed by atoms with E-state index in [0.717, 1.165) is 18.7 Å². The molecule has 1 aromatic heterocycles. The summed E-state index contributed by atoms with van der Waals surface area (Å²) in [6.07, 6.45) is 3.86. The molecule has 1 heterocycles. The molecule has 2 N–H and O–H groups in total. The van der Waals surface area contributed by atoms with Crippen LogP contribution < -0.4 is 10.9 Å². The van der Waals surface area contributed by atoms with Gasteiger partial charge in [0.2, 0.25) is 0 Å². The summed E-state index contributed by atoms with van der Waals surface area (Å²) in [5.74, 6) is 1.77. The largest absolute Gasteiger partial charge is 0.370 e. The Bertz CT molecular complexity index is 575. The molecule has 0 aliphatic heterocycles. The van der Waals surface area contributed by atoms with Gasteiger partial charge in [-0.3, -0.25) is 4.79 Å². The highest BCUT2D eigenvalue weighted by Crippen LogP contribution is 2.37. The van der Waals surface area contributed by atoms with E-state index in [1.807, 2.05) is 0 Å². The number of hydrogen-bond donors (Lipinski definition) is 2. The lowest BCUT2D eigenvalue weighted by atomic mass is 10.4. The van der Waals surface area contributed by atoms with E-state index < -0.39 is 9.84 Å². The fourth-order valence-electron chi connectivity index (χ4n) is 1.67. The van der Waals surface area contributed by atoms with Gasteiger partial charge < -0.3 is 10.3 Å². The van der Waals surface area contributed by atoms with Crippen LogP contribution in [0.2, 0.25) is 0 Å². The molecule has 6 nitrogen and oxygen atoms in total. The molecule has 0 radical (unpaired) electrons. The van der Waals surface area contributed by atoms with Gasteiger partial charge >= 0.3 is 0 Å². The molecule has 1 aliphatic rings. The third-order valence-electron chi connectivity index (χ3n) is 2.72. The van der Waals surface area contributed by atoms with Gasteiger partial charge in [-0.1, -0.05) is 0 Å². The second-order valence-corrected chi connectivity index (χ2v) is 6.96. The minimum absolute atomic E-state index is 0.138. The van der Waals surface area contributed by atoms with Gasteiger partial charge in [0.25, 0.3) is 5.56 Å². The van der Waals surface area contributed by atoms with Crippen LogP contribution in [0.3, 0.4) is 0 Å². The number of sulfone groups is 1. The van der Waals surface area contributed by atoms with E-state index in [1.165, 1.54) is 12.3 Å². The molecule has 0 spiro atoms. The standard InChI is InChI=1S/C11H17N3O3S/c1-18(16,17)6-2-5-12-9-7-10(15)14-11(13-9)8-3-4-8/h7-8H,2-6H2,1H3,(H2,12,13,14,15). The van der Waals surface area contributed by atoms with Gasteiger partial charge in [0.15, 0.2) is 0 Å². The van der Waals surface area contributed by atoms with Crippen LogP contribution in [0.25, 0.3) is 0 Å². The number of hydrogen-bond acceptors (Lipinski definition) is 5. The van der Waals surface area contributed by atoms with E-state index in [9.17, 15) is 13.2 Å². The zero-order chi connectivity index (χ0) is 13.2. The van der Waals surface area contributed by atoms with Gasteiger partial charge in [-0.2, -0.15) is 0 Å². The Labute approximate surface area is 106 Å². The second-order valence-electron chi connectivity index (χ2n) is 4.70. The topological polar surface area (TPSA) is 91.9 Å². The molecule has 0 unspecified atom stereocenters. The van der Waals surface area contributed by atoms with Crippen molar-refractivity contribution in [1.82, 2.24) is 9.97 Å². The molecule has 0 atom stereocenters. The SMILES string of the molecule is CS(=O)(=O)CCCNc1cc(=O)[nH]c(C2CC2)n1. The highest BCUT2D eigenvalue weighted by Gasteiger charge is 2.26. The molecular weight excluding hydrogens is 254 g/mol. The molecule has 0 aromatic carbocycles. The first-order valence-electron chi connectivity index (χ1n) is 5.97. The van der Waals surface area contributed by atoms with Gasteiger partial charge in [0.05, 0.1) is 5.75 Å². The molecule has 2 rings (SSSR count). The third kappa shape index (κ3) is 4.14. The van der Waals surface area contributed by atoms with Gasteiger partial charge in [0, 0.05) is 24.8 Å². The van der Waals surface area contributed by atoms with E-state index >= 15 is 0 Å². The van der Waals surface area contributed by atoms with Crippen LogP contribution >= 0.6 is 0 Å². The first kappa shape index (κ1) is 13.1. The van der Waals surface area contributed by atoms with Crippen molar-refractivity contribution in [1.29, 1.82) is 0 Å². The normalized spacial score (nSPS) is 15.6. The molecule has 100 valence electrons. The van der Waals surface area contributed by atoms with E-state index in [4.69, 9.17) is 0 Å². The van der Waals surface area contributed by atoms with Gasteiger partial charge in [-0.05, 0) is 19.3 Å². The number of aromatic amines is 1.